The first-order valence-electron chi connectivity index (χ1n) is 8.14. The van der Waals surface area contributed by atoms with Gasteiger partial charge in [0.1, 0.15) is 0 Å². The number of nitrogens with zero attached hydrogens (tertiary/aromatic N) is 2. The number of nitrogens with one attached hydrogen (secondary N) is 1. The topological polar surface area (TPSA) is 69.7 Å². The number of benzene rings is 1. The molecular weight excluding hydrogens is 306 g/mol. The summed E-state index contributed by atoms with van der Waals surface area (Å²) in [5, 5.41) is 2.83. The van der Waals surface area contributed by atoms with Crippen LogP contribution in [0.5, 0.6) is 0 Å². The molecule has 1 aliphatic rings. The molecule has 0 aromatic heterocycles. The first kappa shape index (κ1) is 18.0. The Morgan fingerprint density at radius 3 is 2.33 bits per heavy atom. The Bertz CT molecular complexity index is 632. The third kappa shape index (κ3) is 4.57. The number of likely N-dealkylation sites (N-methyl/N-ethyl adjacent to an activating group) is 1. The van der Waals surface area contributed by atoms with Gasteiger partial charge in [-0.15, -0.1) is 0 Å². The Hall–Kier alpha value is -2.37. The molecule has 1 fully saturated rings. The molecule has 1 aromatic rings. The first-order valence-corrected chi connectivity index (χ1v) is 8.14. The summed E-state index contributed by atoms with van der Waals surface area (Å²) in [6, 6.07) is 6.95. The molecule has 3 amide bonds. The van der Waals surface area contributed by atoms with Crippen LogP contribution in [0.15, 0.2) is 24.3 Å². The number of carbonyl (C=O) groups excluding carboxylic acids is 3. The lowest BCUT2D eigenvalue weighted by Gasteiger charge is -2.23. The molecule has 0 spiro atoms. The lowest BCUT2D eigenvalue weighted by Crippen LogP contribution is -2.46. The average Bonchev–Trinajstić information content (AvgIpc) is 2.90. The molecule has 0 bridgehead atoms. The van der Waals surface area contributed by atoms with Gasteiger partial charge in [-0.25, -0.2) is 0 Å². The number of carbonyl (C=O) groups is 3. The molecule has 1 N–H and O–H groups in total. The molecule has 2 rings (SSSR count). The second-order valence-corrected chi connectivity index (χ2v) is 7.16. The average molecular weight is 331 g/mol. The fraction of sp³-hybridized carbons (Fsp3) is 0.500. The molecular formula is C18H25N3O3. The minimum absolute atomic E-state index is 0.00245. The van der Waals surface area contributed by atoms with Crippen molar-refractivity contribution >= 4 is 23.4 Å². The molecule has 6 heteroatoms. The zero-order chi connectivity index (χ0) is 17.9. The van der Waals surface area contributed by atoms with Gasteiger partial charge in [-0.2, -0.15) is 0 Å². The van der Waals surface area contributed by atoms with Gasteiger partial charge in [0, 0.05) is 36.8 Å². The quantitative estimate of drug-likeness (QED) is 0.914. The van der Waals surface area contributed by atoms with Crippen LogP contribution in [0.2, 0.25) is 0 Å². The van der Waals surface area contributed by atoms with E-state index in [1.165, 1.54) is 4.90 Å². The Morgan fingerprint density at radius 1 is 1.21 bits per heavy atom. The molecule has 0 saturated carbocycles. The molecule has 6 nitrogen and oxygen atoms in total. The summed E-state index contributed by atoms with van der Waals surface area (Å²) in [7, 11) is 1.60. The van der Waals surface area contributed by atoms with E-state index in [2.05, 4.69) is 5.32 Å². The third-order valence-electron chi connectivity index (χ3n) is 3.74. The molecule has 1 aromatic carbocycles. The van der Waals surface area contributed by atoms with Crippen LogP contribution in [0.3, 0.4) is 0 Å². The van der Waals surface area contributed by atoms with Gasteiger partial charge in [-0.3, -0.25) is 14.4 Å². The largest absolute Gasteiger partial charge is 0.350 e. The number of anilines is 1. The van der Waals surface area contributed by atoms with Crippen LogP contribution in [0.4, 0.5) is 5.69 Å². The molecule has 0 atom stereocenters. The summed E-state index contributed by atoms with van der Waals surface area (Å²) in [5.74, 6) is -0.305. The summed E-state index contributed by atoms with van der Waals surface area (Å²) in [5.41, 5.74) is 0.976. The highest BCUT2D eigenvalue weighted by Crippen LogP contribution is 2.21. The summed E-state index contributed by atoms with van der Waals surface area (Å²) in [4.78, 5) is 39.2. The highest BCUT2D eigenvalue weighted by Gasteiger charge is 2.22. The van der Waals surface area contributed by atoms with Crippen molar-refractivity contribution in [3.8, 4) is 0 Å². The molecule has 130 valence electrons. The van der Waals surface area contributed by atoms with E-state index in [0.717, 1.165) is 18.7 Å². The van der Waals surface area contributed by atoms with E-state index in [0.29, 0.717) is 12.0 Å². The minimum atomic E-state index is -0.328. The van der Waals surface area contributed by atoms with Crippen molar-refractivity contribution in [3.63, 3.8) is 0 Å². The number of hydrogen-bond acceptors (Lipinski definition) is 3. The molecule has 1 saturated heterocycles. The Labute approximate surface area is 142 Å². The van der Waals surface area contributed by atoms with Gasteiger partial charge in [0.15, 0.2) is 0 Å². The predicted octanol–water partition coefficient (Wildman–Crippen LogP) is 1.80. The Morgan fingerprint density at radius 2 is 1.83 bits per heavy atom. The van der Waals surface area contributed by atoms with Crippen LogP contribution >= 0.6 is 0 Å². The summed E-state index contributed by atoms with van der Waals surface area (Å²) in [6.07, 6.45) is 1.44. The number of rotatable bonds is 4. The van der Waals surface area contributed by atoms with E-state index >= 15 is 0 Å². The van der Waals surface area contributed by atoms with Crippen molar-refractivity contribution in [2.45, 2.75) is 39.2 Å². The maximum atomic E-state index is 12.4. The van der Waals surface area contributed by atoms with Crippen LogP contribution in [0.25, 0.3) is 0 Å². The van der Waals surface area contributed by atoms with Crippen LogP contribution in [0.1, 0.15) is 44.0 Å². The Kier molecular flexibility index (Phi) is 5.26. The van der Waals surface area contributed by atoms with Crippen LogP contribution in [-0.4, -0.2) is 48.3 Å². The number of hydrogen-bond donors (Lipinski definition) is 1. The maximum Gasteiger partial charge on any atom is 0.254 e. The monoisotopic (exact) mass is 331 g/mol. The fourth-order valence-corrected chi connectivity index (χ4v) is 2.67. The standard InChI is InChI=1S/C18H25N3O3/c1-18(2,3)19-15(22)12-20(4)17(24)13-7-9-14(10-8-13)21-11-5-6-16(21)23/h7-10H,5-6,11-12H2,1-4H3,(H,19,22). The van der Waals surface area contributed by atoms with Crippen molar-refractivity contribution in [2.24, 2.45) is 0 Å². The fourth-order valence-electron chi connectivity index (χ4n) is 2.67. The van der Waals surface area contributed by atoms with Gasteiger partial charge in [0.25, 0.3) is 5.91 Å². The Balaban J connectivity index is 1.99. The van der Waals surface area contributed by atoms with Gasteiger partial charge in [-0.1, -0.05) is 0 Å². The summed E-state index contributed by atoms with van der Waals surface area (Å²) in [6.45, 7) is 6.41. The van der Waals surface area contributed by atoms with Gasteiger partial charge in [-0.05, 0) is 51.5 Å². The van der Waals surface area contributed by atoms with E-state index in [9.17, 15) is 14.4 Å². The molecule has 0 radical (unpaired) electrons. The molecule has 1 aliphatic heterocycles. The van der Waals surface area contributed by atoms with Crippen molar-refractivity contribution in [1.29, 1.82) is 0 Å². The van der Waals surface area contributed by atoms with E-state index in [1.54, 1.807) is 36.2 Å². The van der Waals surface area contributed by atoms with E-state index in [4.69, 9.17) is 0 Å². The SMILES string of the molecule is CN(CC(=O)NC(C)(C)C)C(=O)c1ccc(N2CCCC2=O)cc1. The van der Waals surface area contributed by atoms with Crippen molar-refractivity contribution in [2.75, 3.05) is 25.0 Å². The zero-order valence-corrected chi connectivity index (χ0v) is 14.8. The van der Waals surface area contributed by atoms with Crippen molar-refractivity contribution in [1.82, 2.24) is 10.2 Å². The first-order chi connectivity index (χ1) is 11.2. The predicted molar refractivity (Wildman–Crippen MR) is 92.9 cm³/mol. The van der Waals surface area contributed by atoms with Gasteiger partial charge in [0.05, 0.1) is 6.54 Å². The van der Waals surface area contributed by atoms with Crippen LogP contribution < -0.4 is 10.2 Å². The zero-order valence-electron chi connectivity index (χ0n) is 14.8. The molecule has 24 heavy (non-hydrogen) atoms. The van der Waals surface area contributed by atoms with E-state index < -0.39 is 0 Å². The van der Waals surface area contributed by atoms with E-state index in [1.807, 2.05) is 20.8 Å². The summed E-state index contributed by atoms with van der Waals surface area (Å²) < 4.78 is 0. The summed E-state index contributed by atoms with van der Waals surface area (Å²) >= 11 is 0. The second-order valence-electron chi connectivity index (χ2n) is 7.16. The van der Waals surface area contributed by atoms with Crippen molar-refractivity contribution < 1.29 is 14.4 Å². The van der Waals surface area contributed by atoms with Gasteiger partial charge < -0.3 is 15.1 Å². The van der Waals surface area contributed by atoms with Crippen LogP contribution in [0, 0.1) is 0 Å². The highest BCUT2D eigenvalue weighted by atomic mass is 16.2. The molecule has 0 aliphatic carbocycles. The lowest BCUT2D eigenvalue weighted by molar-refractivity contribution is -0.123. The number of amides is 3. The van der Waals surface area contributed by atoms with Crippen LogP contribution in [-0.2, 0) is 9.59 Å². The highest BCUT2D eigenvalue weighted by molar-refractivity contribution is 5.98. The minimum Gasteiger partial charge on any atom is -0.350 e. The van der Waals surface area contributed by atoms with Crippen molar-refractivity contribution in [3.05, 3.63) is 29.8 Å². The maximum absolute atomic E-state index is 12.4. The van der Waals surface area contributed by atoms with E-state index in [-0.39, 0.29) is 29.8 Å². The third-order valence-corrected chi connectivity index (χ3v) is 3.74. The molecule has 0 unspecified atom stereocenters. The van der Waals surface area contributed by atoms with Gasteiger partial charge in [0.2, 0.25) is 11.8 Å². The second kappa shape index (κ2) is 7.03. The smallest absolute Gasteiger partial charge is 0.254 e. The normalized spacial score (nSPS) is 14.7. The molecule has 1 heterocycles. The van der Waals surface area contributed by atoms with Gasteiger partial charge >= 0.3 is 0 Å². The lowest BCUT2D eigenvalue weighted by atomic mass is 10.1.